The monoisotopic (exact) mass is 481 g/mol. The van der Waals surface area contributed by atoms with Crippen LogP contribution >= 0.6 is 0 Å². The largest absolute Gasteiger partial charge is 0.355 e. The van der Waals surface area contributed by atoms with Gasteiger partial charge in [0.1, 0.15) is 11.6 Å². The van der Waals surface area contributed by atoms with Crippen LogP contribution in [0.4, 0.5) is 17.3 Å². The Labute approximate surface area is 198 Å². The molecule has 3 heterocycles. The lowest BCUT2D eigenvalue weighted by Crippen LogP contribution is -2.38. The van der Waals surface area contributed by atoms with E-state index in [1.54, 1.807) is 32.0 Å². The van der Waals surface area contributed by atoms with Crippen molar-refractivity contribution in [3.63, 3.8) is 0 Å². The Morgan fingerprint density at radius 1 is 0.941 bits per heavy atom. The van der Waals surface area contributed by atoms with Crippen LogP contribution in [0, 0.1) is 26.7 Å². The molecule has 0 saturated carbocycles. The molecule has 34 heavy (non-hydrogen) atoms. The van der Waals surface area contributed by atoms with Crippen molar-refractivity contribution < 1.29 is 13.2 Å². The molecule has 10 nitrogen and oxygen atoms in total. The van der Waals surface area contributed by atoms with Crippen molar-refractivity contribution >= 4 is 33.3 Å². The number of hydrogen-bond donors (Lipinski definition) is 2. The second-order valence-corrected chi connectivity index (χ2v) is 10.0. The molecule has 0 radical (unpaired) electrons. The number of anilines is 3. The molecule has 3 aromatic rings. The van der Waals surface area contributed by atoms with Crippen molar-refractivity contribution in [3.05, 3.63) is 59.7 Å². The summed E-state index contributed by atoms with van der Waals surface area (Å²) in [6.45, 7) is 6.81. The Bertz CT molecular complexity index is 1250. The van der Waals surface area contributed by atoms with Gasteiger partial charge in [0.2, 0.25) is 5.91 Å². The van der Waals surface area contributed by atoms with Gasteiger partial charge in [0.05, 0.1) is 10.6 Å². The van der Waals surface area contributed by atoms with E-state index in [2.05, 4.69) is 35.1 Å². The summed E-state index contributed by atoms with van der Waals surface area (Å²) >= 11 is 0. The molecule has 178 valence electrons. The summed E-state index contributed by atoms with van der Waals surface area (Å²) in [5, 5.41) is 11.2. The molecule has 2 N–H and O–H groups in total. The van der Waals surface area contributed by atoms with Crippen LogP contribution in [0.1, 0.15) is 30.1 Å². The van der Waals surface area contributed by atoms with Gasteiger partial charge in [-0.3, -0.25) is 9.52 Å². The third-order valence-corrected chi connectivity index (χ3v) is 6.98. The number of benzene rings is 1. The number of rotatable bonds is 6. The molecule has 1 fully saturated rings. The minimum Gasteiger partial charge on any atom is -0.355 e. The van der Waals surface area contributed by atoms with Crippen LogP contribution in [0.2, 0.25) is 0 Å². The molecule has 1 aliphatic rings. The summed E-state index contributed by atoms with van der Waals surface area (Å²) in [5.74, 6) is 1.32. The molecule has 0 spiro atoms. The molecule has 0 aliphatic carbocycles. The maximum Gasteiger partial charge on any atom is 0.263 e. The van der Waals surface area contributed by atoms with E-state index in [0.29, 0.717) is 30.0 Å². The zero-order valence-corrected chi connectivity index (χ0v) is 20.1. The van der Waals surface area contributed by atoms with E-state index in [4.69, 9.17) is 0 Å². The molecule has 0 unspecified atom stereocenters. The number of sulfonamides is 1. The second kappa shape index (κ2) is 9.72. The topological polar surface area (TPSA) is 130 Å². The number of carbonyl (C=O) groups is 1. The van der Waals surface area contributed by atoms with Crippen LogP contribution < -0.4 is 14.9 Å². The fourth-order valence-corrected chi connectivity index (χ4v) is 4.85. The predicted molar refractivity (Wildman–Crippen MR) is 129 cm³/mol. The zero-order valence-electron chi connectivity index (χ0n) is 19.3. The van der Waals surface area contributed by atoms with Crippen molar-refractivity contribution in [2.24, 2.45) is 5.92 Å². The number of carbonyl (C=O) groups excluding carboxylic acids is 1. The van der Waals surface area contributed by atoms with Gasteiger partial charge in [-0.05, 0) is 70.0 Å². The molecule has 1 amide bonds. The van der Waals surface area contributed by atoms with Crippen LogP contribution in [-0.2, 0) is 14.8 Å². The van der Waals surface area contributed by atoms with E-state index in [0.717, 1.165) is 24.6 Å². The molecular formula is C23H27N7O3S. The van der Waals surface area contributed by atoms with Gasteiger partial charge < -0.3 is 10.2 Å². The zero-order chi connectivity index (χ0) is 24.3. The van der Waals surface area contributed by atoms with Gasteiger partial charge in [-0.1, -0.05) is 0 Å². The highest BCUT2D eigenvalue weighted by Gasteiger charge is 2.26. The number of aromatic nitrogens is 4. The first-order chi connectivity index (χ1) is 16.2. The number of amides is 1. The van der Waals surface area contributed by atoms with Gasteiger partial charge in [0.25, 0.3) is 10.0 Å². The third-order valence-electron chi connectivity index (χ3n) is 5.61. The first-order valence-corrected chi connectivity index (χ1v) is 12.5. The summed E-state index contributed by atoms with van der Waals surface area (Å²) in [4.78, 5) is 23.2. The second-order valence-electron chi connectivity index (χ2n) is 8.36. The van der Waals surface area contributed by atoms with E-state index in [9.17, 15) is 13.2 Å². The summed E-state index contributed by atoms with van der Waals surface area (Å²) < 4.78 is 27.9. The molecule has 0 atom stereocenters. The van der Waals surface area contributed by atoms with E-state index in [-0.39, 0.29) is 22.5 Å². The van der Waals surface area contributed by atoms with Gasteiger partial charge >= 0.3 is 0 Å². The lowest BCUT2D eigenvalue weighted by Gasteiger charge is -2.31. The number of nitrogens with one attached hydrogen (secondary N) is 2. The summed E-state index contributed by atoms with van der Waals surface area (Å²) in [6.07, 6.45) is 1.41. The normalized spacial score (nSPS) is 14.6. The van der Waals surface area contributed by atoms with E-state index < -0.39 is 10.0 Å². The molecule has 1 aromatic carbocycles. The average molecular weight is 482 g/mol. The molecule has 1 saturated heterocycles. The highest BCUT2D eigenvalue weighted by atomic mass is 32.2. The smallest absolute Gasteiger partial charge is 0.263 e. The first kappa shape index (κ1) is 23.6. The molecule has 1 aliphatic heterocycles. The predicted octanol–water partition coefficient (Wildman–Crippen LogP) is 2.85. The number of nitrogens with zero attached hydrogens (tertiary/aromatic N) is 5. The lowest BCUT2D eigenvalue weighted by atomic mass is 9.96. The maximum atomic E-state index is 12.7. The average Bonchev–Trinajstić information content (AvgIpc) is 2.79. The summed E-state index contributed by atoms with van der Waals surface area (Å²) in [6, 6.07) is 11.5. The lowest BCUT2D eigenvalue weighted by molar-refractivity contribution is -0.120. The van der Waals surface area contributed by atoms with Gasteiger partial charge in [0, 0.05) is 36.5 Å². The Balaban J connectivity index is 1.34. The minimum atomic E-state index is -3.82. The van der Waals surface area contributed by atoms with E-state index >= 15 is 0 Å². The quantitative estimate of drug-likeness (QED) is 0.550. The molecule has 11 heteroatoms. The minimum absolute atomic E-state index is 0.0738. The summed E-state index contributed by atoms with van der Waals surface area (Å²) in [5.41, 5.74) is 2.08. The van der Waals surface area contributed by atoms with Gasteiger partial charge in [-0.25, -0.2) is 18.4 Å². The Morgan fingerprint density at radius 2 is 1.65 bits per heavy atom. The van der Waals surface area contributed by atoms with Crippen LogP contribution in [-0.4, -0.2) is 47.6 Å². The van der Waals surface area contributed by atoms with E-state index in [1.165, 1.54) is 12.1 Å². The Morgan fingerprint density at radius 3 is 2.26 bits per heavy atom. The maximum absolute atomic E-state index is 12.7. The standard InChI is InChI=1S/C23H27N7O3S/c1-15-4-9-22(28-27-15)30-12-10-18(11-13-30)23(31)26-19-5-7-20(8-6-19)34(32,33)29-21-14-16(2)24-17(3)25-21/h4-9,14,18H,10-13H2,1-3H3,(H,26,31)(H,24,25,29). The van der Waals surface area contributed by atoms with Gasteiger partial charge in [0.15, 0.2) is 5.82 Å². The molecular weight excluding hydrogens is 454 g/mol. The number of hydrogen-bond acceptors (Lipinski definition) is 8. The van der Waals surface area contributed by atoms with Crippen molar-refractivity contribution in [1.29, 1.82) is 0 Å². The molecule has 2 aromatic heterocycles. The van der Waals surface area contributed by atoms with Crippen LogP contribution in [0.25, 0.3) is 0 Å². The van der Waals surface area contributed by atoms with Crippen molar-refractivity contribution in [3.8, 4) is 0 Å². The van der Waals surface area contributed by atoms with Crippen LogP contribution in [0.5, 0.6) is 0 Å². The highest BCUT2D eigenvalue weighted by Crippen LogP contribution is 2.24. The Hall–Kier alpha value is -3.60. The molecule has 4 rings (SSSR count). The first-order valence-electron chi connectivity index (χ1n) is 11.0. The van der Waals surface area contributed by atoms with Gasteiger partial charge in [-0.2, -0.15) is 5.10 Å². The van der Waals surface area contributed by atoms with E-state index in [1.807, 2.05) is 19.1 Å². The summed E-state index contributed by atoms with van der Waals surface area (Å²) in [7, 11) is -3.82. The molecule has 0 bridgehead atoms. The van der Waals surface area contributed by atoms with Crippen molar-refractivity contribution in [1.82, 2.24) is 20.2 Å². The third kappa shape index (κ3) is 5.66. The SMILES string of the molecule is Cc1ccc(N2CCC(C(=O)Nc3ccc(S(=O)(=O)Nc4cc(C)nc(C)n4)cc3)CC2)nn1. The van der Waals surface area contributed by atoms with Crippen LogP contribution in [0.15, 0.2) is 47.4 Å². The Kier molecular flexibility index (Phi) is 6.73. The van der Waals surface area contributed by atoms with Crippen molar-refractivity contribution in [2.45, 2.75) is 38.5 Å². The van der Waals surface area contributed by atoms with Crippen LogP contribution in [0.3, 0.4) is 0 Å². The fraction of sp³-hybridized carbons (Fsp3) is 0.348. The number of aryl methyl sites for hydroxylation is 3. The highest BCUT2D eigenvalue weighted by molar-refractivity contribution is 7.92. The van der Waals surface area contributed by atoms with Gasteiger partial charge in [-0.15, -0.1) is 5.10 Å². The number of piperidine rings is 1. The van der Waals surface area contributed by atoms with Crippen molar-refractivity contribution in [2.75, 3.05) is 28.0 Å². The fourth-order valence-electron chi connectivity index (χ4n) is 3.86.